The average molecular weight is 257 g/mol. The number of carboxylic acid groups (broad SMARTS) is 1. The Bertz CT molecular complexity index is 293. The SMILES string of the molecule is CCCN(CC(=O)O)C(=O)C[C@@H]1CCCC[C@H]1O. The van der Waals surface area contributed by atoms with Crippen LogP contribution in [0.3, 0.4) is 0 Å². The van der Waals surface area contributed by atoms with Gasteiger partial charge in [-0.1, -0.05) is 19.8 Å². The molecule has 0 aromatic heterocycles. The lowest BCUT2D eigenvalue weighted by atomic mass is 9.84. The summed E-state index contributed by atoms with van der Waals surface area (Å²) in [4.78, 5) is 24.1. The van der Waals surface area contributed by atoms with Crippen LogP contribution in [0.5, 0.6) is 0 Å². The molecule has 18 heavy (non-hydrogen) atoms. The molecular formula is C13H23NO4. The molecule has 1 saturated carbocycles. The number of hydrogen-bond donors (Lipinski definition) is 2. The summed E-state index contributed by atoms with van der Waals surface area (Å²) < 4.78 is 0. The lowest BCUT2D eigenvalue weighted by Gasteiger charge is -2.29. The zero-order valence-corrected chi connectivity index (χ0v) is 11.0. The highest BCUT2D eigenvalue weighted by Crippen LogP contribution is 2.27. The van der Waals surface area contributed by atoms with Crippen LogP contribution in [0, 0.1) is 5.92 Å². The van der Waals surface area contributed by atoms with E-state index in [2.05, 4.69) is 0 Å². The summed E-state index contributed by atoms with van der Waals surface area (Å²) in [5, 5.41) is 18.6. The maximum atomic E-state index is 12.0. The minimum absolute atomic E-state index is 0.000555. The Kier molecular flexibility index (Phi) is 6.12. The molecule has 0 aromatic carbocycles. The average Bonchev–Trinajstić information content (AvgIpc) is 2.31. The summed E-state index contributed by atoms with van der Waals surface area (Å²) in [6.07, 6.45) is 4.28. The van der Waals surface area contributed by atoms with E-state index in [-0.39, 0.29) is 24.8 Å². The van der Waals surface area contributed by atoms with Crippen LogP contribution in [0.4, 0.5) is 0 Å². The van der Waals surface area contributed by atoms with E-state index in [0.717, 1.165) is 32.1 Å². The summed E-state index contributed by atoms with van der Waals surface area (Å²) in [7, 11) is 0. The molecule has 2 N–H and O–H groups in total. The summed E-state index contributed by atoms with van der Waals surface area (Å²) in [5.41, 5.74) is 0. The monoisotopic (exact) mass is 257 g/mol. The highest BCUT2D eigenvalue weighted by Gasteiger charge is 2.27. The Morgan fingerprint density at radius 3 is 2.50 bits per heavy atom. The van der Waals surface area contributed by atoms with Crippen molar-refractivity contribution in [1.82, 2.24) is 4.90 Å². The fourth-order valence-electron chi connectivity index (χ4n) is 2.50. The Balaban J connectivity index is 2.51. The van der Waals surface area contributed by atoms with E-state index in [1.54, 1.807) is 0 Å². The molecule has 2 atom stereocenters. The predicted molar refractivity (Wildman–Crippen MR) is 67.1 cm³/mol. The predicted octanol–water partition coefficient (Wildman–Crippen LogP) is 1.25. The van der Waals surface area contributed by atoms with Crippen molar-refractivity contribution in [2.24, 2.45) is 5.92 Å². The quantitative estimate of drug-likeness (QED) is 0.750. The Labute approximate surface area is 108 Å². The molecule has 0 bridgehead atoms. The van der Waals surface area contributed by atoms with Crippen LogP contribution in [0.15, 0.2) is 0 Å². The van der Waals surface area contributed by atoms with Crippen LogP contribution in [0.25, 0.3) is 0 Å². The van der Waals surface area contributed by atoms with Crippen molar-refractivity contribution in [3.8, 4) is 0 Å². The van der Waals surface area contributed by atoms with Gasteiger partial charge in [0.15, 0.2) is 0 Å². The maximum absolute atomic E-state index is 12.0. The van der Waals surface area contributed by atoms with Gasteiger partial charge >= 0.3 is 5.97 Å². The van der Waals surface area contributed by atoms with Gasteiger partial charge in [0, 0.05) is 13.0 Å². The van der Waals surface area contributed by atoms with Gasteiger partial charge in [-0.15, -0.1) is 0 Å². The van der Waals surface area contributed by atoms with E-state index < -0.39 is 12.1 Å². The number of aliphatic hydroxyl groups is 1. The Morgan fingerprint density at radius 2 is 1.94 bits per heavy atom. The second-order valence-electron chi connectivity index (χ2n) is 5.03. The molecule has 0 unspecified atom stereocenters. The molecule has 1 aliphatic carbocycles. The second kappa shape index (κ2) is 7.36. The van der Waals surface area contributed by atoms with Crippen molar-refractivity contribution in [1.29, 1.82) is 0 Å². The summed E-state index contributed by atoms with van der Waals surface area (Å²) in [6.45, 7) is 2.14. The number of rotatable bonds is 6. The first kappa shape index (κ1) is 15.0. The van der Waals surface area contributed by atoms with Gasteiger partial charge in [0.25, 0.3) is 0 Å². The van der Waals surface area contributed by atoms with Crippen LogP contribution in [0.1, 0.15) is 45.4 Å². The molecule has 0 aromatic rings. The van der Waals surface area contributed by atoms with E-state index in [9.17, 15) is 14.7 Å². The molecule has 5 heteroatoms. The van der Waals surface area contributed by atoms with Crippen molar-refractivity contribution in [2.75, 3.05) is 13.1 Å². The molecule has 0 saturated heterocycles. The molecule has 0 spiro atoms. The van der Waals surface area contributed by atoms with E-state index in [1.165, 1.54) is 4.90 Å². The molecule has 1 rings (SSSR count). The molecule has 1 amide bonds. The summed E-state index contributed by atoms with van der Waals surface area (Å²) >= 11 is 0. The lowest BCUT2D eigenvalue weighted by molar-refractivity contribution is -0.145. The fourth-order valence-corrected chi connectivity index (χ4v) is 2.50. The maximum Gasteiger partial charge on any atom is 0.323 e. The Morgan fingerprint density at radius 1 is 1.28 bits per heavy atom. The number of aliphatic carboxylic acids is 1. The van der Waals surface area contributed by atoms with Crippen LogP contribution in [-0.2, 0) is 9.59 Å². The van der Waals surface area contributed by atoms with Crippen molar-refractivity contribution in [3.05, 3.63) is 0 Å². The van der Waals surface area contributed by atoms with Gasteiger partial charge in [0.2, 0.25) is 5.91 Å². The molecule has 0 heterocycles. The highest BCUT2D eigenvalue weighted by molar-refractivity contribution is 5.81. The normalized spacial score (nSPS) is 23.7. The minimum atomic E-state index is -0.985. The van der Waals surface area contributed by atoms with Crippen molar-refractivity contribution in [2.45, 2.75) is 51.6 Å². The molecule has 1 fully saturated rings. The largest absolute Gasteiger partial charge is 0.480 e. The topological polar surface area (TPSA) is 77.8 Å². The molecule has 0 aliphatic heterocycles. The second-order valence-corrected chi connectivity index (χ2v) is 5.03. The van der Waals surface area contributed by atoms with Crippen molar-refractivity contribution >= 4 is 11.9 Å². The zero-order valence-electron chi connectivity index (χ0n) is 11.0. The van der Waals surface area contributed by atoms with Crippen LogP contribution < -0.4 is 0 Å². The van der Waals surface area contributed by atoms with Crippen molar-refractivity contribution in [3.63, 3.8) is 0 Å². The third-order valence-electron chi connectivity index (χ3n) is 3.48. The van der Waals surface area contributed by atoms with Gasteiger partial charge in [-0.2, -0.15) is 0 Å². The molecular weight excluding hydrogens is 234 g/mol. The highest BCUT2D eigenvalue weighted by atomic mass is 16.4. The number of nitrogens with zero attached hydrogens (tertiary/aromatic N) is 1. The lowest BCUT2D eigenvalue weighted by Crippen LogP contribution is -2.39. The number of aliphatic hydroxyl groups excluding tert-OH is 1. The first-order valence-corrected chi connectivity index (χ1v) is 6.72. The van der Waals surface area contributed by atoms with Crippen LogP contribution in [0.2, 0.25) is 0 Å². The van der Waals surface area contributed by atoms with Gasteiger partial charge in [0.05, 0.1) is 6.10 Å². The molecule has 104 valence electrons. The number of carboxylic acids is 1. The van der Waals surface area contributed by atoms with Gasteiger partial charge in [-0.3, -0.25) is 9.59 Å². The molecule has 1 aliphatic rings. The number of hydrogen-bond acceptors (Lipinski definition) is 3. The Hall–Kier alpha value is -1.10. The van der Waals surface area contributed by atoms with Gasteiger partial charge in [0.1, 0.15) is 6.54 Å². The minimum Gasteiger partial charge on any atom is -0.480 e. The van der Waals surface area contributed by atoms with Crippen molar-refractivity contribution < 1.29 is 19.8 Å². The van der Waals surface area contributed by atoms with Gasteiger partial charge < -0.3 is 15.1 Å². The summed E-state index contributed by atoms with van der Waals surface area (Å²) in [6, 6.07) is 0. The first-order valence-electron chi connectivity index (χ1n) is 6.72. The number of amides is 1. The number of carbonyl (C=O) groups is 2. The molecule has 5 nitrogen and oxygen atoms in total. The first-order chi connectivity index (χ1) is 8.54. The van der Waals surface area contributed by atoms with E-state index in [0.29, 0.717) is 6.54 Å². The standard InChI is InChI=1S/C13H23NO4/c1-2-7-14(9-13(17)18)12(16)8-10-5-3-4-6-11(10)15/h10-11,15H,2-9H2,1H3,(H,17,18)/t10-,11+/m0/s1. The number of carbonyl (C=O) groups excluding carboxylic acids is 1. The summed E-state index contributed by atoms with van der Waals surface area (Å²) in [5.74, 6) is -1.13. The van der Waals surface area contributed by atoms with Gasteiger partial charge in [-0.05, 0) is 25.2 Å². The fraction of sp³-hybridized carbons (Fsp3) is 0.846. The molecule has 0 radical (unpaired) electrons. The smallest absolute Gasteiger partial charge is 0.323 e. The van der Waals surface area contributed by atoms with E-state index in [1.807, 2.05) is 6.92 Å². The van der Waals surface area contributed by atoms with E-state index in [4.69, 9.17) is 5.11 Å². The zero-order chi connectivity index (χ0) is 13.5. The third-order valence-corrected chi connectivity index (χ3v) is 3.48. The van der Waals surface area contributed by atoms with E-state index >= 15 is 0 Å². The third kappa shape index (κ3) is 4.64. The van der Waals surface area contributed by atoms with Crippen LogP contribution >= 0.6 is 0 Å². The van der Waals surface area contributed by atoms with Gasteiger partial charge in [-0.25, -0.2) is 0 Å². The van der Waals surface area contributed by atoms with Crippen LogP contribution in [-0.4, -0.2) is 46.2 Å².